The van der Waals surface area contributed by atoms with Crippen molar-refractivity contribution in [1.82, 2.24) is 20.2 Å². The molecule has 37 heavy (non-hydrogen) atoms. The van der Waals surface area contributed by atoms with Crippen molar-refractivity contribution < 1.29 is 9.47 Å². The van der Waals surface area contributed by atoms with E-state index in [1.54, 1.807) is 0 Å². The molecule has 3 aliphatic heterocycles. The number of hydrogen-bond donors (Lipinski definition) is 1. The van der Waals surface area contributed by atoms with Crippen LogP contribution in [0.2, 0.25) is 0 Å². The highest BCUT2D eigenvalue weighted by Crippen LogP contribution is 2.34. The highest BCUT2D eigenvalue weighted by Gasteiger charge is 2.29. The van der Waals surface area contributed by atoms with Crippen LogP contribution in [0.3, 0.4) is 0 Å². The van der Waals surface area contributed by atoms with E-state index < -0.39 is 0 Å². The Labute approximate surface area is 217 Å². The number of benzene rings is 2. The van der Waals surface area contributed by atoms with Crippen molar-refractivity contribution in [1.29, 1.82) is 5.26 Å². The van der Waals surface area contributed by atoms with Gasteiger partial charge in [0.15, 0.2) is 0 Å². The molecular formula is C28H34FN7O. The fourth-order valence-corrected chi connectivity index (χ4v) is 5.51. The number of anilines is 2. The van der Waals surface area contributed by atoms with E-state index >= 15 is 0 Å². The zero-order valence-corrected chi connectivity index (χ0v) is 21.4. The summed E-state index contributed by atoms with van der Waals surface area (Å²) in [4.78, 5) is 19.4. The molecule has 194 valence electrons. The topological polar surface area (TPSA) is 80.5 Å². The number of rotatable bonds is 4. The maximum Gasteiger partial charge on any atom is 0.362 e. The van der Waals surface area contributed by atoms with Crippen molar-refractivity contribution in [2.45, 2.75) is 38.3 Å². The number of piperazine rings is 1. The van der Waals surface area contributed by atoms with Crippen molar-refractivity contribution in [3.8, 4) is 12.1 Å². The molecule has 0 amide bonds. The fourth-order valence-electron chi connectivity index (χ4n) is 5.51. The van der Waals surface area contributed by atoms with Gasteiger partial charge in [0.25, 0.3) is 0 Å². The largest absolute Gasteiger partial charge is 0.365 e. The van der Waals surface area contributed by atoms with Gasteiger partial charge < -0.3 is 20.0 Å². The van der Waals surface area contributed by atoms with E-state index in [4.69, 9.17) is 5.26 Å². The number of nitriles is 1. The van der Waals surface area contributed by atoms with E-state index in [0.717, 1.165) is 48.8 Å². The Morgan fingerprint density at radius 1 is 1.05 bits per heavy atom. The minimum Gasteiger partial charge on any atom is -0.365 e. The molecule has 2 aromatic carbocycles. The second kappa shape index (κ2) is 11.7. The molecule has 8 nitrogen and oxygen atoms in total. The second-order valence-corrected chi connectivity index (χ2v) is 9.97. The molecule has 0 bridgehead atoms. The van der Waals surface area contributed by atoms with Crippen LogP contribution in [0.15, 0.2) is 42.5 Å². The zero-order valence-electron chi connectivity index (χ0n) is 21.4. The van der Waals surface area contributed by atoms with Crippen molar-refractivity contribution in [3.63, 3.8) is 0 Å². The predicted molar refractivity (Wildman–Crippen MR) is 143 cm³/mol. The van der Waals surface area contributed by atoms with Gasteiger partial charge in [0.2, 0.25) is 0 Å². The van der Waals surface area contributed by atoms with Gasteiger partial charge in [-0.15, -0.1) is 0 Å². The average molecular weight is 504 g/mol. The van der Waals surface area contributed by atoms with E-state index in [0.29, 0.717) is 19.5 Å². The first-order chi connectivity index (χ1) is 18.2. The standard InChI is InChI=1S/C23H23FN6O.C5H11N/c24-31-23-27-20-15-29(21-7-3-5-16-4-1-2-6-18(16)21)12-9-19(20)22(28-23)30-13-11-26-17(14-30)8-10-25;1-6-4-2-3-5-6/h1-7,17,26H,8-9,11-15H2;2-5H2,1H3. The second-order valence-electron chi connectivity index (χ2n) is 9.97. The molecule has 1 N–H and O–H groups in total. The maximum atomic E-state index is 13.2. The number of halogens is 1. The lowest BCUT2D eigenvalue weighted by molar-refractivity contribution is -0.0180. The Balaban J connectivity index is 0.000000412. The Hall–Kier alpha value is -3.48. The third-order valence-corrected chi connectivity index (χ3v) is 7.42. The molecule has 0 aliphatic carbocycles. The molecule has 1 atom stereocenters. The Morgan fingerprint density at radius 2 is 1.86 bits per heavy atom. The molecule has 1 aromatic heterocycles. The van der Waals surface area contributed by atoms with Crippen LogP contribution < -0.4 is 20.1 Å². The van der Waals surface area contributed by atoms with Gasteiger partial charge in [-0.05, 0) is 50.9 Å². The average Bonchev–Trinajstić information content (AvgIpc) is 3.43. The van der Waals surface area contributed by atoms with Crippen molar-refractivity contribution in [3.05, 3.63) is 53.7 Å². The van der Waals surface area contributed by atoms with Gasteiger partial charge in [-0.25, -0.2) is 0 Å². The molecule has 3 aromatic rings. The summed E-state index contributed by atoms with van der Waals surface area (Å²) >= 11 is 0. The quantitative estimate of drug-likeness (QED) is 0.575. The molecule has 2 fully saturated rings. The molecule has 9 heteroatoms. The molecule has 0 saturated carbocycles. The molecule has 4 heterocycles. The lowest BCUT2D eigenvalue weighted by atomic mass is 10.0. The van der Waals surface area contributed by atoms with Gasteiger partial charge in [-0.3, -0.25) is 4.94 Å². The predicted octanol–water partition coefficient (Wildman–Crippen LogP) is 3.86. The summed E-state index contributed by atoms with van der Waals surface area (Å²) in [6.45, 7) is 6.16. The first-order valence-electron chi connectivity index (χ1n) is 13.1. The Kier molecular flexibility index (Phi) is 7.97. The smallest absolute Gasteiger partial charge is 0.362 e. The van der Waals surface area contributed by atoms with Crippen molar-refractivity contribution >= 4 is 22.3 Å². The van der Waals surface area contributed by atoms with Gasteiger partial charge in [0.1, 0.15) is 5.82 Å². The fraction of sp³-hybridized carbons (Fsp3) is 0.464. The summed E-state index contributed by atoms with van der Waals surface area (Å²) in [7, 11) is 2.17. The summed E-state index contributed by atoms with van der Waals surface area (Å²) in [5.41, 5.74) is 2.96. The van der Waals surface area contributed by atoms with Gasteiger partial charge in [0, 0.05) is 53.4 Å². The Morgan fingerprint density at radius 3 is 2.62 bits per heavy atom. The Bertz CT molecular complexity index is 1250. The number of hydrogen-bond acceptors (Lipinski definition) is 8. The third kappa shape index (κ3) is 5.76. The maximum absolute atomic E-state index is 13.2. The highest BCUT2D eigenvalue weighted by atomic mass is 19.3. The number of nitrogens with zero attached hydrogens (tertiary/aromatic N) is 6. The molecule has 0 spiro atoms. The number of fused-ring (bicyclic) bond motifs is 2. The number of nitrogens with one attached hydrogen (secondary N) is 1. The summed E-state index contributed by atoms with van der Waals surface area (Å²) in [5.74, 6) is 0.722. The zero-order chi connectivity index (χ0) is 25.6. The molecule has 6 rings (SSSR count). The van der Waals surface area contributed by atoms with Crippen LogP contribution in [-0.4, -0.2) is 67.2 Å². The van der Waals surface area contributed by atoms with Crippen LogP contribution in [0.1, 0.15) is 30.5 Å². The molecular weight excluding hydrogens is 469 g/mol. The van der Waals surface area contributed by atoms with E-state index in [2.05, 4.69) is 78.4 Å². The highest BCUT2D eigenvalue weighted by molar-refractivity contribution is 5.94. The first-order valence-corrected chi connectivity index (χ1v) is 13.1. The lowest BCUT2D eigenvalue weighted by Crippen LogP contribution is -2.51. The molecule has 1 unspecified atom stereocenters. The molecule has 3 aliphatic rings. The van der Waals surface area contributed by atoms with Crippen LogP contribution in [-0.2, 0) is 13.0 Å². The van der Waals surface area contributed by atoms with Gasteiger partial charge >= 0.3 is 6.01 Å². The van der Waals surface area contributed by atoms with E-state index in [9.17, 15) is 4.53 Å². The SMILES string of the molecule is CN1CCCC1.N#CCC1CN(c2nc(OF)nc3c2CCN(c2cccc4ccccc24)C3)CCN1. The summed E-state index contributed by atoms with van der Waals surface area (Å²) in [6, 6.07) is 16.6. The van der Waals surface area contributed by atoms with Gasteiger partial charge in [0.05, 0.1) is 24.7 Å². The van der Waals surface area contributed by atoms with Gasteiger partial charge in [-0.2, -0.15) is 15.2 Å². The van der Waals surface area contributed by atoms with Crippen LogP contribution in [0.5, 0.6) is 6.01 Å². The third-order valence-electron chi connectivity index (χ3n) is 7.42. The minimum atomic E-state index is -0.260. The van der Waals surface area contributed by atoms with E-state index in [1.807, 2.05) is 12.1 Å². The first kappa shape index (κ1) is 25.2. The minimum absolute atomic E-state index is 0.0647. The van der Waals surface area contributed by atoms with E-state index in [1.165, 1.54) is 36.7 Å². The normalized spacial score (nSPS) is 19.6. The van der Waals surface area contributed by atoms with E-state index in [-0.39, 0.29) is 12.1 Å². The summed E-state index contributed by atoms with van der Waals surface area (Å²) in [6.07, 6.45) is 4.01. The number of aromatic nitrogens is 2. The summed E-state index contributed by atoms with van der Waals surface area (Å²) in [5, 5.41) is 14.8. The van der Waals surface area contributed by atoms with Crippen LogP contribution >= 0.6 is 0 Å². The summed E-state index contributed by atoms with van der Waals surface area (Å²) < 4.78 is 13.2. The monoisotopic (exact) mass is 503 g/mol. The molecule has 2 saturated heterocycles. The van der Waals surface area contributed by atoms with Crippen LogP contribution in [0.4, 0.5) is 16.0 Å². The van der Waals surface area contributed by atoms with Gasteiger partial charge in [-0.1, -0.05) is 36.4 Å². The van der Waals surface area contributed by atoms with Crippen LogP contribution in [0.25, 0.3) is 10.8 Å². The van der Waals surface area contributed by atoms with Crippen LogP contribution in [0, 0.1) is 11.3 Å². The molecule has 0 radical (unpaired) electrons. The van der Waals surface area contributed by atoms with Crippen molar-refractivity contribution in [2.24, 2.45) is 0 Å². The van der Waals surface area contributed by atoms with Crippen molar-refractivity contribution in [2.75, 3.05) is 56.1 Å². The number of likely N-dealkylation sites (tertiary alicyclic amines) is 1. The lowest BCUT2D eigenvalue weighted by Gasteiger charge is -2.37.